The van der Waals surface area contributed by atoms with Gasteiger partial charge in [-0.3, -0.25) is 9.59 Å². The highest BCUT2D eigenvalue weighted by atomic mass is 32.2. The summed E-state index contributed by atoms with van der Waals surface area (Å²) < 4.78 is 30.1. The van der Waals surface area contributed by atoms with E-state index in [1.807, 2.05) is 6.92 Å². The first-order valence-electron chi connectivity index (χ1n) is 10.3. The zero-order valence-corrected chi connectivity index (χ0v) is 19.6. The molecule has 0 atom stereocenters. The fourth-order valence-electron chi connectivity index (χ4n) is 2.90. The Morgan fingerprint density at radius 2 is 1.49 bits per heavy atom. The van der Waals surface area contributed by atoms with Crippen LogP contribution in [0.3, 0.4) is 0 Å². The first-order chi connectivity index (χ1) is 16.5. The van der Waals surface area contributed by atoms with Crippen molar-refractivity contribution in [3.05, 3.63) is 95.2 Å². The average molecular weight is 494 g/mol. The molecular weight excluding hydrogens is 472 g/mol. The van der Waals surface area contributed by atoms with Gasteiger partial charge < -0.3 is 24.7 Å². The fraction of sp³-hybridized carbons (Fsp3) is 0.0800. The Morgan fingerprint density at radius 1 is 0.886 bits per heavy atom. The van der Waals surface area contributed by atoms with Gasteiger partial charge in [0.1, 0.15) is 16.3 Å². The van der Waals surface area contributed by atoms with Crippen molar-refractivity contribution in [3.63, 3.8) is 0 Å². The predicted octanol–water partition coefficient (Wildman–Crippen LogP) is 2.24. The van der Waals surface area contributed by atoms with E-state index in [2.05, 4.69) is 10.6 Å². The van der Waals surface area contributed by atoms with Crippen LogP contribution in [0.5, 0.6) is 5.75 Å². The van der Waals surface area contributed by atoms with Crippen LogP contribution in [0.1, 0.15) is 28.4 Å². The largest absolute Gasteiger partial charge is 0.545 e. The summed E-state index contributed by atoms with van der Waals surface area (Å²) >= 11 is 0. The molecule has 3 rings (SSSR count). The van der Waals surface area contributed by atoms with E-state index in [0.717, 1.165) is 5.56 Å². The van der Waals surface area contributed by atoms with Crippen molar-refractivity contribution in [1.82, 2.24) is 5.32 Å². The summed E-state index contributed by atoms with van der Waals surface area (Å²) in [6.45, 7) is 3.08. The van der Waals surface area contributed by atoms with Crippen LogP contribution in [-0.2, 0) is 19.7 Å². The number of aryl methyl sites for hydroxylation is 1. The van der Waals surface area contributed by atoms with Crippen molar-refractivity contribution in [2.24, 2.45) is 0 Å². The maximum absolute atomic E-state index is 12.7. The SMILES string of the molecule is CC(=O)N/C(=C\c1ccc(OS(=O)(=O)c2ccc(C)cc2)cc1)C(=O)Nc1ccc(C(=O)[O-])cc1. The zero-order chi connectivity index (χ0) is 25.6. The van der Waals surface area contributed by atoms with E-state index < -0.39 is 27.9 Å². The third kappa shape index (κ3) is 7.02. The third-order valence-corrected chi connectivity index (χ3v) is 5.90. The topological polar surface area (TPSA) is 142 Å². The normalized spacial score (nSPS) is 11.4. The van der Waals surface area contributed by atoms with Crippen LogP contribution in [0.15, 0.2) is 83.4 Å². The van der Waals surface area contributed by atoms with E-state index in [1.165, 1.54) is 73.7 Å². The summed E-state index contributed by atoms with van der Waals surface area (Å²) in [5.74, 6) is -2.41. The van der Waals surface area contributed by atoms with Gasteiger partial charge >= 0.3 is 10.1 Å². The molecule has 0 heterocycles. The van der Waals surface area contributed by atoms with Gasteiger partial charge in [-0.05, 0) is 60.5 Å². The number of rotatable bonds is 8. The van der Waals surface area contributed by atoms with Gasteiger partial charge in [-0.2, -0.15) is 8.42 Å². The van der Waals surface area contributed by atoms with E-state index in [1.54, 1.807) is 12.1 Å². The molecule has 0 fully saturated rings. The highest BCUT2D eigenvalue weighted by Crippen LogP contribution is 2.21. The monoisotopic (exact) mass is 493 g/mol. The summed E-state index contributed by atoms with van der Waals surface area (Å²) in [4.78, 5) is 35.1. The van der Waals surface area contributed by atoms with Gasteiger partial charge in [-0.25, -0.2) is 0 Å². The van der Waals surface area contributed by atoms with Crippen LogP contribution < -0.4 is 19.9 Å². The van der Waals surface area contributed by atoms with Crippen LogP contribution in [0.25, 0.3) is 6.08 Å². The molecule has 0 spiro atoms. The summed E-state index contributed by atoms with van der Waals surface area (Å²) in [6, 6.07) is 17.4. The molecule has 0 unspecified atom stereocenters. The van der Waals surface area contributed by atoms with Gasteiger partial charge in [-0.15, -0.1) is 0 Å². The lowest BCUT2D eigenvalue weighted by Crippen LogP contribution is -2.29. The summed E-state index contributed by atoms with van der Waals surface area (Å²) in [5, 5.41) is 15.8. The number of amides is 2. The molecule has 3 aromatic carbocycles. The molecule has 3 aromatic rings. The number of nitrogens with one attached hydrogen (secondary N) is 2. The van der Waals surface area contributed by atoms with Crippen molar-refractivity contribution in [2.75, 3.05) is 5.32 Å². The van der Waals surface area contributed by atoms with Gasteiger partial charge in [0.15, 0.2) is 0 Å². The lowest BCUT2D eigenvalue weighted by Gasteiger charge is -2.11. The standard InChI is InChI=1S/C25H22N2O7S/c1-16-3-13-22(14-4-16)35(32,33)34-21-11-5-18(6-12-21)15-23(26-17(2)28)24(29)27-20-9-7-19(8-10-20)25(30)31/h3-15H,1-2H3,(H,26,28)(H,27,29)(H,30,31)/p-1/b23-15-. The number of aromatic carboxylic acids is 1. The molecular formula is C25H21N2O7S-. The number of carboxylic acids is 1. The number of carbonyl (C=O) groups excluding carboxylic acids is 3. The van der Waals surface area contributed by atoms with Crippen molar-refractivity contribution < 1.29 is 32.1 Å². The van der Waals surface area contributed by atoms with Crippen LogP contribution in [0, 0.1) is 6.92 Å². The van der Waals surface area contributed by atoms with Crippen molar-refractivity contribution >= 4 is 39.7 Å². The molecule has 0 radical (unpaired) electrons. The zero-order valence-electron chi connectivity index (χ0n) is 18.8. The molecule has 0 bridgehead atoms. The van der Waals surface area contributed by atoms with E-state index in [4.69, 9.17) is 4.18 Å². The number of anilines is 1. The Bertz CT molecular complexity index is 1380. The van der Waals surface area contributed by atoms with E-state index in [-0.39, 0.29) is 21.9 Å². The van der Waals surface area contributed by atoms with Crippen LogP contribution in [0.4, 0.5) is 5.69 Å². The van der Waals surface area contributed by atoms with Gasteiger partial charge in [0.05, 0.1) is 5.97 Å². The van der Waals surface area contributed by atoms with E-state index >= 15 is 0 Å². The molecule has 0 saturated carbocycles. The molecule has 180 valence electrons. The molecule has 35 heavy (non-hydrogen) atoms. The number of hydrogen-bond acceptors (Lipinski definition) is 7. The fourth-order valence-corrected chi connectivity index (χ4v) is 3.83. The van der Waals surface area contributed by atoms with Gasteiger partial charge in [0, 0.05) is 12.6 Å². The third-order valence-electron chi connectivity index (χ3n) is 4.64. The highest BCUT2D eigenvalue weighted by molar-refractivity contribution is 7.87. The summed E-state index contributed by atoms with van der Waals surface area (Å²) in [5.41, 5.74) is 1.57. The lowest BCUT2D eigenvalue weighted by atomic mass is 10.1. The Morgan fingerprint density at radius 3 is 2.03 bits per heavy atom. The van der Waals surface area contributed by atoms with E-state index in [0.29, 0.717) is 11.3 Å². The molecule has 0 aliphatic carbocycles. The van der Waals surface area contributed by atoms with Gasteiger partial charge in [-0.1, -0.05) is 42.0 Å². The molecule has 10 heteroatoms. The Labute approximate surface area is 202 Å². The quantitative estimate of drug-likeness (QED) is 0.362. The number of carbonyl (C=O) groups is 3. The summed E-state index contributed by atoms with van der Waals surface area (Å²) in [6.07, 6.45) is 1.39. The number of benzene rings is 3. The highest BCUT2D eigenvalue weighted by Gasteiger charge is 2.17. The van der Waals surface area contributed by atoms with Crippen molar-refractivity contribution in [2.45, 2.75) is 18.7 Å². The summed E-state index contributed by atoms with van der Waals surface area (Å²) in [7, 11) is -4.02. The first kappa shape index (κ1) is 25.2. The molecule has 2 amide bonds. The minimum absolute atomic E-state index is 0.0179. The molecule has 0 aliphatic heterocycles. The average Bonchev–Trinajstić information content (AvgIpc) is 2.80. The minimum atomic E-state index is -4.02. The molecule has 9 nitrogen and oxygen atoms in total. The molecule has 2 N–H and O–H groups in total. The molecule has 0 saturated heterocycles. The minimum Gasteiger partial charge on any atom is -0.545 e. The van der Waals surface area contributed by atoms with Crippen LogP contribution >= 0.6 is 0 Å². The van der Waals surface area contributed by atoms with Crippen LogP contribution in [-0.4, -0.2) is 26.2 Å². The maximum Gasteiger partial charge on any atom is 0.339 e. The van der Waals surface area contributed by atoms with Gasteiger partial charge in [0.25, 0.3) is 5.91 Å². The number of carboxylic acid groups (broad SMARTS) is 1. The molecule has 0 aromatic heterocycles. The van der Waals surface area contributed by atoms with Crippen LogP contribution in [0.2, 0.25) is 0 Å². The Balaban J connectivity index is 1.77. The second kappa shape index (κ2) is 10.7. The Kier molecular flexibility index (Phi) is 7.67. The maximum atomic E-state index is 12.7. The van der Waals surface area contributed by atoms with Crippen molar-refractivity contribution in [1.29, 1.82) is 0 Å². The van der Waals surface area contributed by atoms with E-state index in [9.17, 15) is 27.9 Å². The first-order valence-corrected chi connectivity index (χ1v) is 11.7. The molecule has 0 aliphatic rings. The predicted molar refractivity (Wildman–Crippen MR) is 127 cm³/mol. The number of hydrogen-bond donors (Lipinski definition) is 2. The second-order valence-corrected chi connectivity index (χ2v) is 9.02. The van der Waals surface area contributed by atoms with Gasteiger partial charge in [0.2, 0.25) is 5.91 Å². The Hall–Kier alpha value is -4.44. The smallest absolute Gasteiger partial charge is 0.339 e. The van der Waals surface area contributed by atoms with Crippen molar-refractivity contribution in [3.8, 4) is 5.75 Å². The second-order valence-electron chi connectivity index (χ2n) is 7.48. The lowest BCUT2D eigenvalue weighted by molar-refractivity contribution is -0.255.